The largest absolute Gasteiger partial charge is 0.496 e. The topological polar surface area (TPSA) is 61.2 Å². The number of aromatic nitrogens is 3. The summed E-state index contributed by atoms with van der Waals surface area (Å²) < 4.78 is 14.9. The molecule has 2 atom stereocenters. The third-order valence-corrected chi connectivity index (χ3v) is 6.81. The number of nitrogens with zero attached hydrogens (tertiary/aromatic N) is 3. The number of ether oxygens (including phenoxy) is 2. The molecule has 0 radical (unpaired) electrons. The normalized spacial score (nSPS) is 18.5. The predicted molar refractivity (Wildman–Crippen MR) is 130 cm³/mol. The van der Waals surface area contributed by atoms with Crippen molar-refractivity contribution in [3.8, 4) is 11.5 Å². The van der Waals surface area contributed by atoms with E-state index in [-0.39, 0.29) is 12.1 Å². The van der Waals surface area contributed by atoms with Crippen LogP contribution in [0.25, 0.3) is 5.70 Å². The summed E-state index contributed by atoms with van der Waals surface area (Å²) in [6.45, 7) is 2.09. The molecule has 1 N–H and O–H groups in total. The zero-order valence-electron chi connectivity index (χ0n) is 18.1. The van der Waals surface area contributed by atoms with Crippen molar-refractivity contribution < 1.29 is 9.47 Å². The van der Waals surface area contributed by atoms with Gasteiger partial charge in [0.25, 0.3) is 0 Å². The van der Waals surface area contributed by atoms with Gasteiger partial charge >= 0.3 is 0 Å². The van der Waals surface area contributed by atoms with Crippen LogP contribution in [0, 0.1) is 6.92 Å². The number of aryl methyl sites for hydroxylation is 1. The Labute approximate surface area is 200 Å². The van der Waals surface area contributed by atoms with Crippen LogP contribution in [0.3, 0.4) is 0 Å². The molecule has 0 unspecified atom stereocenters. The standard InChI is InChI=1S/C26H21BrN4O2/c1-15-7-9-16(10-8-15)25-22-23(18-5-3-4-6-20(18)33-25)30-26-28-14-29-31(26)24(22)17-11-12-21(32-2)19(27)13-17/h3-14,24-25H,1-2H3,(H,28,29,30)/t24-,25+/m0/s1. The van der Waals surface area contributed by atoms with Crippen molar-refractivity contribution in [1.82, 2.24) is 14.8 Å². The Hall–Kier alpha value is -3.58. The Kier molecular flexibility index (Phi) is 4.73. The zero-order valence-corrected chi connectivity index (χ0v) is 19.7. The molecule has 6 nitrogen and oxygen atoms in total. The lowest BCUT2D eigenvalue weighted by atomic mass is 9.84. The van der Waals surface area contributed by atoms with E-state index < -0.39 is 0 Å². The Bertz CT molecular complexity index is 1390. The molecule has 164 valence electrons. The molecule has 1 aromatic heterocycles. The molecular formula is C26H21BrN4O2. The van der Waals surface area contributed by atoms with E-state index in [2.05, 4.69) is 80.7 Å². The van der Waals surface area contributed by atoms with E-state index in [0.717, 1.165) is 43.9 Å². The first kappa shape index (κ1) is 20.1. The molecule has 4 aromatic rings. The predicted octanol–water partition coefficient (Wildman–Crippen LogP) is 5.92. The summed E-state index contributed by atoms with van der Waals surface area (Å²) in [6.07, 6.45) is 1.30. The van der Waals surface area contributed by atoms with Gasteiger partial charge in [-0.15, -0.1) is 0 Å². The highest BCUT2D eigenvalue weighted by Gasteiger charge is 2.41. The number of hydrogen-bond donors (Lipinski definition) is 1. The van der Waals surface area contributed by atoms with Crippen LogP contribution in [0.2, 0.25) is 0 Å². The number of para-hydroxylation sites is 1. The number of nitrogens with one attached hydrogen (secondary N) is 1. The van der Waals surface area contributed by atoms with E-state index in [9.17, 15) is 0 Å². The minimum Gasteiger partial charge on any atom is -0.496 e. The van der Waals surface area contributed by atoms with Gasteiger partial charge in [-0.1, -0.05) is 48.0 Å². The second-order valence-corrected chi connectivity index (χ2v) is 9.04. The number of rotatable bonds is 3. The highest BCUT2D eigenvalue weighted by molar-refractivity contribution is 9.10. The monoisotopic (exact) mass is 500 g/mol. The van der Waals surface area contributed by atoms with E-state index in [1.165, 1.54) is 5.56 Å². The van der Waals surface area contributed by atoms with Crippen molar-refractivity contribution in [3.63, 3.8) is 0 Å². The number of fused-ring (bicyclic) bond motifs is 3. The lowest BCUT2D eigenvalue weighted by Crippen LogP contribution is -2.32. The van der Waals surface area contributed by atoms with Gasteiger partial charge in [0.05, 0.1) is 17.3 Å². The Morgan fingerprint density at radius 1 is 1.03 bits per heavy atom. The number of methoxy groups -OCH3 is 1. The van der Waals surface area contributed by atoms with Crippen LogP contribution in [-0.4, -0.2) is 21.9 Å². The SMILES string of the molecule is COc1ccc([C@H]2C3=C(Nc4ncnn42)c2ccccc2O[C@@H]3c2ccc(C)cc2)cc1Br. The third-order valence-electron chi connectivity index (χ3n) is 6.19. The van der Waals surface area contributed by atoms with E-state index in [1.807, 2.05) is 28.9 Å². The van der Waals surface area contributed by atoms with Gasteiger partial charge in [0, 0.05) is 11.1 Å². The second-order valence-electron chi connectivity index (χ2n) is 8.18. The first-order valence-electron chi connectivity index (χ1n) is 10.7. The molecule has 6 rings (SSSR count). The highest BCUT2D eigenvalue weighted by Crippen LogP contribution is 2.51. The van der Waals surface area contributed by atoms with Crippen LogP contribution in [0.5, 0.6) is 11.5 Å². The molecule has 0 bridgehead atoms. The lowest BCUT2D eigenvalue weighted by Gasteiger charge is -2.39. The van der Waals surface area contributed by atoms with Crippen LogP contribution in [0.4, 0.5) is 5.95 Å². The molecule has 2 aliphatic rings. The third kappa shape index (κ3) is 3.23. The van der Waals surface area contributed by atoms with Gasteiger partial charge in [0.1, 0.15) is 30.0 Å². The molecule has 0 fully saturated rings. The summed E-state index contributed by atoms with van der Waals surface area (Å²) >= 11 is 3.65. The van der Waals surface area contributed by atoms with Crippen molar-refractivity contribution in [2.75, 3.05) is 12.4 Å². The zero-order chi connectivity index (χ0) is 22.5. The van der Waals surface area contributed by atoms with Crippen LogP contribution in [0.15, 0.2) is 83.1 Å². The first-order chi connectivity index (χ1) is 16.1. The molecule has 0 aliphatic carbocycles. The fourth-order valence-electron chi connectivity index (χ4n) is 4.61. The smallest absolute Gasteiger partial charge is 0.226 e. The highest BCUT2D eigenvalue weighted by atomic mass is 79.9. The number of anilines is 1. The maximum absolute atomic E-state index is 6.65. The van der Waals surface area contributed by atoms with Crippen molar-refractivity contribution in [2.24, 2.45) is 0 Å². The van der Waals surface area contributed by atoms with Crippen molar-refractivity contribution in [2.45, 2.75) is 19.1 Å². The second kappa shape index (κ2) is 7.78. The molecule has 0 spiro atoms. The fourth-order valence-corrected chi connectivity index (χ4v) is 5.17. The number of halogens is 1. The minimum atomic E-state index is -0.286. The Balaban J connectivity index is 1.61. The summed E-state index contributed by atoms with van der Waals surface area (Å²) in [5.41, 5.74) is 6.48. The van der Waals surface area contributed by atoms with E-state index >= 15 is 0 Å². The van der Waals surface area contributed by atoms with Crippen molar-refractivity contribution in [1.29, 1.82) is 0 Å². The summed E-state index contributed by atoms with van der Waals surface area (Å²) in [6, 6.07) is 22.5. The molecule has 3 heterocycles. The molecular weight excluding hydrogens is 480 g/mol. The quantitative estimate of drug-likeness (QED) is 0.378. The maximum atomic E-state index is 6.65. The Morgan fingerprint density at radius 3 is 2.61 bits per heavy atom. The molecule has 0 amide bonds. The first-order valence-corrected chi connectivity index (χ1v) is 11.5. The maximum Gasteiger partial charge on any atom is 0.226 e. The van der Waals surface area contributed by atoms with Gasteiger partial charge in [-0.3, -0.25) is 0 Å². The van der Waals surface area contributed by atoms with Crippen LogP contribution in [0.1, 0.15) is 34.4 Å². The van der Waals surface area contributed by atoms with Gasteiger partial charge in [-0.2, -0.15) is 10.1 Å². The number of hydrogen-bond acceptors (Lipinski definition) is 5. The fraction of sp³-hybridized carbons (Fsp3) is 0.154. The van der Waals surface area contributed by atoms with Crippen LogP contribution < -0.4 is 14.8 Å². The average Bonchev–Trinajstić information content (AvgIpc) is 3.31. The molecule has 2 aliphatic heterocycles. The molecule has 0 saturated carbocycles. The van der Waals surface area contributed by atoms with E-state index in [0.29, 0.717) is 5.95 Å². The van der Waals surface area contributed by atoms with Crippen LogP contribution >= 0.6 is 15.9 Å². The van der Waals surface area contributed by atoms with Crippen LogP contribution in [-0.2, 0) is 0 Å². The molecule has 0 saturated heterocycles. The van der Waals surface area contributed by atoms with Gasteiger partial charge in [-0.05, 0) is 58.2 Å². The summed E-state index contributed by atoms with van der Waals surface area (Å²) in [5, 5.41) is 8.12. The van der Waals surface area contributed by atoms with E-state index in [1.54, 1.807) is 13.4 Å². The number of benzene rings is 3. The molecule has 3 aromatic carbocycles. The summed E-state index contributed by atoms with van der Waals surface area (Å²) in [4.78, 5) is 4.49. The minimum absolute atomic E-state index is 0.208. The van der Waals surface area contributed by atoms with Gasteiger partial charge in [0.2, 0.25) is 5.95 Å². The lowest BCUT2D eigenvalue weighted by molar-refractivity contribution is 0.223. The van der Waals surface area contributed by atoms with Gasteiger partial charge in [-0.25, -0.2) is 4.68 Å². The van der Waals surface area contributed by atoms with Crippen molar-refractivity contribution in [3.05, 3.63) is 105 Å². The average molecular weight is 501 g/mol. The van der Waals surface area contributed by atoms with E-state index in [4.69, 9.17) is 9.47 Å². The molecule has 7 heteroatoms. The van der Waals surface area contributed by atoms with Gasteiger partial charge in [0.15, 0.2) is 0 Å². The Morgan fingerprint density at radius 2 is 1.82 bits per heavy atom. The summed E-state index contributed by atoms with van der Waals surface area (Å²) in [5.74, 6) is 2.32. The van der Waals surface area contributed by atoms with Gasteiger partial charge < -0.3 is 14.8 Å². The summed E-state index contributed by atoms with van der Waals surface area (Å²) in [7, 11) is 1.67. The van der Waals surface area contributed by atoms with Crippen molar-refractivity contribution >= 4 is 27.6 Å². The molecule has 33 heavy (non-hydrogen) atoms.